The molecule has 0 aromatic carbocycles. The maximum absolute atomic E-state index is 7.99. The fraction of sp³-hybridized carbons (Fsp3) is 0.833. The average molecular weight is 335 g/mol. The molecule has 0 aliphatic carbocycles. The minimum absolute atomic E-state index is 0. The molecule has 2 aliphatic rings. The van der Waals surface area contributed by atoms with Crippen molar-refractivity contribution in [1.29, 1.82) is 5.41 Å². The number of nitrogens with one attached hydrogen (secondary N) is 1. The van der Waals surface area contributed by atoms with Crippen LogP contribution in [-0.4, -0.2) is 29.7 Å². The predicted molar refractivity (Wildman–Crippen MR) is 78.9 cm³/mol. The molecule has 0 unspecified atom stereocenters. The second-order valence-corrected chi connectivity index (χ2v) is 5.73. The number of nitrogens with zero attached hydrogens (tertiary/aromatic N) is 2. The van der Waals surface area contributed by atoms with Gasteiger partial charge >= 0.3 is 0 Å². The van der Waals surface area contributed by atoms with Gasteiger partial charge in [0, 0.05) is 23.9 Å². The van der Waals surface area contributed by atoms with Gasteiger partial charge in [0.1, 0.15) is 11.7 Å². The van der Waals surface area contributed by atoms with Gasteiger partial charge in [-0.3, -0.25) is 5.41 Å². The lowest BCUT2D eigenvalue weighted by Crippen LogP contribution is -2.44. The summed E-state index contributed by atoms with van der Waals surface area (Å²) in [6.07, 6.45) is 2.53. The zero-order valence-electron chi connectivity index (χ0n) is 10.6. The molecular weight excluding hydrogens is 313 g/mol. The molecule has 2 rings (SSSR count). The zero-order chi connectivity index (χ0) is 11.3. The van der Waals surface area contributed by atoms with E-state index in [-0.39, 0.29) is 34.8 Å². The summed E-state index contributed by atoms with van der Waals surface area (Å²) in [5.74, 6) is 1.67. The van der Waals surface area contributed by atoms with Gasteiger partial charge in [-0.15, -0.1) is 24.0 Å². The van der Waals surface area contributed by atoms with Crippen LogP contribution in [0.4, 0.5) is 0 Å². The van der Waals surface area contributed by atoms with E-state index in [9.17, 15) is 0 Å². The highest BCUT2D eigenvalue weighted by molar-refractivity contribution is 14.0. The third-order valence-corrected chi connectivity index (χ3v) is 4.34. The van der Waals surface area contributed by atoms with Crippen molar-refractivity contribution in [3.63, 3.8) is 0 Å². The number of amidine groups is 2. The van der Waals surface area contributed by atoms with Crippen molar-refractivity contribution in [1.82, 2.24) is 4.90 Å². The Bertz CT molecular complexity index is 325. The minimum atomic E-state index is -0.134. The number of halogens is 1. The number of rotatable bonds is 0. The average Bonchev–Trinajstić information content (AvgIpc) is 2.69. The van der Waals surface area contributed by atoms with E-state index in [1.807, 2.05) is 0 Å². The Morgan fingerprint density at radius 1 is 1.06 bits per heavy atom. The second kappa shape index (κ2) is 4.27. The van der Waals surface area contributed by atoms with Crippen LogP contribution in [0.3, 0.4) is 0 Å². The fourth-order valence-electron chi connectivity index (χ4n) is 2.36. The van der Waals surface area contributed by atoms with Crippen LogP contribution < -0.4 is 0 Å². The Hall–Kier alpha value is -0.130. The maximum atomic E-state index is 7.99. The Labute approximate surface area is 115 Å². The van der Waals surface area contributed by atoms with Crippen LogP contribution >= 0.6 is 24.0 Å². The van der Waals surface area contributed by atoms with E-state index in [0.29, 0.717) is 5.84 Å². The molecular formula is C12H22IN3. The summed E-state index contributed by atoms with van der Waals surface area (Å²) in [6, 6.07) is 0. The Balaban J connectivity index is 0.00000128. The van der Waals surface area contributed by atoms with Gasteiger partial charge in [0.05, 0.1) is 0 Å². The van der Waals surface area contributed by atoms with Gasteiger partial charge in [0.15, 0.2) is 0 Å². The van der Waals surface area contributed by atoms with E-state index in [4.69, 9.17) is 5.41 Å². The minimum Gasteiger partial charge on any atom is -0.360 e. The molecule has 92 valence electrons. The van der Waals surface area contributed by atoms with Gasteiger partial charge in [-0.1, -0.05) is 27.7 Å². The smallest absolute Gasteiger partial charge is 0.129 e. The lowest BCUT2D eigenvalue weighted by atomic mass is 9.68. The van der Waals surface area contributed by atoms with Crippen molar-refractivity contribution >= 4 is 35.6 Å². The summed E-state index contributed by atoms with van der Waals surface area (Å²) in [7, 11) is 0. The molecule has 0 spiro atoms. The third kappa shape index (κ3) is 1.79. The van der Waals surface area contributed by atoms with Gasteiger partial charge in [-0.2, -0.15) is 0 Å². The molecule has 0 saturated carbocycles. The van der Waals surface area contributed by atoms with E-state index in [1.165, 1.54) is 12.8 Å². The van der Waals surface area contributed by atoms with Crippen LogP contribution in [0.25, 0.3) is 0 Å². The number of aliphatic imine (C=N–C) groups is 1. The zero-order valence-corrected chi connectivity index (χ0v) is 13.0. The summed E-state index contributed by atoms with van der Waals surface area (Å²) >= 11 is 0. The topological polar surface area (TPSA) is 39.5 Å². The van der Waals surface area contributed by atoms with Crippen LogP contribution in [0.1, 0.15) is 40.5 Å². The van der Waals surface area contributed by atoms with Gasteiger partial charge in [-0.25, -0.2) is 4.99 Å². The number of hydrogen-bond acceptors (Lipinski definition) is 2. The summed E-state index contributed by atoms with van der Waals surface area (Å²) in [6.45, 7) is 10.9. The molecule has 0 aromatic heterocycles. The Morgan fingerprint density at radius 2 is 1.56 bits per heavy atom. The molecule has 1 saturated heterocycles. The molecule has 1 fully saturated rings. The first-order valence-electron chi connectivity index (χ1n) is 5.80. The van der Waals surface area contributed by atoms with Crippen LogP contribution in [0, 0.1) is 16.2 Å². The molecule has 0 atom stereocenters. The first-order chi connectivity index (χ1) is 6.87. The molecule has 3 nitrogen and oxygen atoms in total. The normalized spacial score (nSPS) is 26.6. The van der Waals surface area contributed by atoms with Crippen LogP contribution in [0.15, 0.2) is 4.99 Å². The highest BCUT2D eigenvalue weighted by Crippen LogP contribution is 2.46. The van der Waals surface area contributed by atoms with Crippen molar-refractivity contribution in [3.8, 4) is 0 Å². The van der Waals surface area contributed by atoms with Gasteiger partial charge in [0.25, 0.3) is 0 Å². The molecule has 0 amide bonds. The summed E-state index contributed by atoms with van der Waals surface area (Å²) in [5, 5.41) is 7.99. The summed E-state index contributed by atoms with van der Waals surface area (Å²) < 4.78 is 0. The largest absolute Gasteiger partial charge is 0.360 e. The molecule has 1 N–H and O–H groups in total. The maximum Gasteiger partial charge on any atom is 0.129 e. The first kappa shape index (κ1) is 13.9. The Kier molecular flexibility index (Phi) is 3.72. The first-order valence-corrected chi connectivity index (χ1v) is 5.80. The van der Waals surface area contributed by atoms with Crippen LogP contribution in [0.2, 0.25) is 0 Å². The molecule has 4 heteroatoms. The number of likely N-dealkylation sites (tertiary alicyclic amines) is 1. The van der Waals surface area contributed by atoms with E-state index in [2.05, 4.69) is 37.6 Å². The lowest BCUT2D eigenvalue weighted by molar-refractivity contribution is 0.269. The molecule has 2 aliphatic heterocycles. The third-order valence-electron chi connectivity index (χ3n) is 4.34. The van der Waals surface area contributed by atoms with Crippen molar-refractivity contribution in [3.05, 3.63) is 0 Å². The summed E-state index contributed by atoms with van der Waals surface area (Å²) in [5.41, 5.74) is -0.140. The van der Waals surface area contributed by atoms with Crippen LogP contribution in [-0.2, 0) is 0 Å². The molecule has 16 heavy (non-hydrogen) atoms. The highest BCUT2D eigenvalue weighted by Gasteiger charge is 2.51. The highest BCUT2D eigenvalue weighted by atomic mass is 127. The van der Waals surface area contributed by atoms with Crippen molar-refractivity contribution in [2.24, 2.45) is 15.8 Å². The van der Waals surface area contributed by atoms with Crippen molar-refractivity contribution in [2.45, 2.75) is 40.5 Å². The van der Waals surface area contributed by atoms with E-state index < -0.39 is 0 Å². The summed E-state index contributed by atoms with van der Waals surface area (Å²) in [4.78, 5) is 6.87. The quantitative estimate of drug-likeness (QED) is 0.679. The van der Waals surface area contributed by atoms with Crippen molar-refractivity contribution < 1.29 is 0 Å². The predicted octanol–water partition coefficient (Wildman–Crippen LogP) is 3.14. The van der Waals surface area contributed by atoms with E-state index in [1.54, 1.807) is 0 Å². The lowest BCUT2D eigenvalue weighted by Gasteiger charge is -2.37. The molecule has 0 bridgehead atoms. The Morgan fingerprint density at radius 3 is 1.94 bits per heavy atom. The number of hydrogen-bond donors (Lipinski definition) is 1. The van der Waals surface area contributed by atoms with Crippen LogP contribution in [0.5, 0.6) is 0 Å². The van der Waals surface area contributed by atoms with Gasteiger partial charge < -0.3 is 4.90 Å². The van der Waals surface area contributed by atoms with Crippen molar-refractivity contribution in [2.75, 3.05) is 13.1 Å². The van der Waals surface area contributed by atoms with Gasteiger partial charge in [-0.05, 0) is 12.8 Å². The fourth-order valence-corrected chi connectivity index (χ4v) is 2.36. The van der Waals surface area contributed by atoms with E-state index >= 15 is 0 Å². The SMILES string of the molecule is CC1(C)C(=N)N=C(N2CCCC2)C1(C)C.I. The standard InChI is InChI=1S/C12H21N3.HI/c1-11(2)9(13)14-10(12(11,3)4)15-7-5-6-8-15;/h13H,5-8H2,1-4H3;1H. The van der Waals surface area contributed by atoms with Gasteiger partial charge in [0.2, 0.25) is 0 Å². The molecule has 0 radical (unpaired) electrons. The second-order valence-electron chi connectivity index (χ2n) is 5.73. The molecule has 0 aromatic rings. The monoisotopic (exact) mass is 335 g/mol. The van der Waals surface area contributed by atoms with E-state index in [0.717, 1.165) is 18.9 Å². The molecule has 2 heterocycles.